The molecule has 6 nitrogen and oxygen atoms in total. The maximum Gasteiger partial charge on any atom is 0.221 e. The third-order valence-electron chi connectivity index (χ3n) is 4.08. The van der Waals surface area contributed by atoms with Gasteiger partial charge in [-0.25, -0.2) is 4.98 Å². The molecule has 1 aromatic carbocycles. The Morgan fingerprint density at radius 3 is 2.69 bits per heavy atom. The molecular formula is C20H27Cl2N3O3S. The predicted octanol–water partition coefficient (Wildman–Crippen LogP) is 3.83. The van der Waals surface area contributed by atoms with Crippen molar-refractivity contribution in [2.45, 2.75) is 25.9 Å². The van der Waals surface area contributed by atoms with Crippen molar-refractivity contribution in [2.75, 3.05) is 24.7 Å². The summed E-state index contributed by atoms with van der Waals surface area (Å²) in [6.45, 7) is 4.01. The van der Waals surface area contributed by atoms with Crippen molar-refractivity contribution in [3.63, 3.8) is 0 Å². The number of pyridine rings is 1. The van der Waals surface area contributed by atoms with Crippen molar-refractivity contribution in [3.05, 3.63) is 48.2 Å². The van der Waals surface area contributed by atoms with Gasteiger partial charge in [-0.2, -0.15) is 11.8 Å². The highest BCUT2D eigenvalue weighted by Crippen LogP contribution is 2.23. The van der Waals surface area contributed by atoms with Crippen LogP contribution in [0.15, 0.2) is 42.6 Å². The van der Waals surface area contributed by atoms with Gasteiger partial charge in [0.1, 0.15) is 11.5 Å². The highest BCUT2D eigenvalue weighted by molar-refractivity contribution is 7.99. The Balaban J connectivity index is 0.00000210. The molecule has 0 aliphatic carbocycles. The second kappa shape index (κ2) is 13.5. The normalized spacial score (nSPS) is 15.4. The third kappa shape index (κ3) is 8.70. The Kier molecular flexibility index (Phi) is 11.8. The van der Waals surface area contributed by atoms with Gasteiger partial charge < -0.3 is 20.1 Å². The summed E-state index contributed by atoms with van der Waals surface area (Å²) in [5.74, 6) is 4.15. The lowest BCUT2D eigenvalue weighted by molar-refractivity contribution is -0.121. The van der Waals surface area contributed by atoms with E-state index in [-0.39, 0.29) is 36.8 Å². The number of thioether (sulfide) groups is 1. The number of hydrogen-bond acceptors (Lipinski definition) is 6. The maximum absolute atomic E-state index is 12.1. The Morgan fingerprint density at radius 1 is 1.24 bits per heavy atom. The van der Waals surface area contributed by atoms with Crippen molar-refractivity contribution in [3.8, 4) is 17.4 Å². The lowest BCUT2D eigenvalue weighted by Crippen LogP contribution is -2.41. The van der Waals surface area contributed by atoms with Gasteiger partial charge in [0.05, 0.1) is 6.61 Å². The van der Waals surface area contributed by atoms with Crippen molar-refractivity contribution in [1.82, 2.24) is 15.6 Å². The first-order valence-electron chi connectivity index (χ1n) is 9.16. The van der Waals surface area contributed by atoms with E-state index in [1.54, 1.807) is 6.20 Å². The topological polar surface area (TPSA) is 72.5 Å². The average molecular weight is 460 g/mol. The number of hydrogen-bond donors (Lipinski definition) is 2. The van der Waals surface area contributed by atoms with Gasteiger partial charge in [-0.15, -0.1) is 24.8 Å². The third-order valence-corrected chi connectivity index (χ3v) is 5.21. The smallest absolute Gasteiger partial charge is 0.221 e. The van der Waals surface area contributed by atoms with E-state index in [0.717, 1.165) is 29.4 Å². The second-order valence-electron chi connectivity index (χ2n) is 6.22. The van der Waals surface area contributed by atoms with Crippen molar-refractivity contribution >= 4 is 42.5 Å². The van der Waals surface area contributed by atoms with Crippen LogP contribution >= 0.6 is 36.6 Å². The van der Waals surface area contributed by atoms with E-state index in [1.807, 2.05) is 55.1 Å². The molecule has 2 N–H and O–H groups in total. The minimum absolute atomic E-state index is 0. The Bertz CT molecular complexity index is 744. The molecule has 1 atom stereocenters. The Morgan fingerprint density at radius 2 is 2.00 bits per heavy atom. The van der Waals surface area contributed by atoms with Gasteiger partial charge in [0.25, 0.3) is 0 Å². The molecule has 1 saturated heterocycles. The molecule has 2 aromatic rings. The molecule has 0 saturated carbocycles. The van der Waals surface area contributed by atoms with Crippen LogP contribution in [0.5, 0.6) is 17.4 Å². The van der Waals surface area contributed by atoms with Crippen LogP contribution in [0.1, 0.15) is 18.9 Å². The maximum atomic E-state index is 12.1. The van der Waals surface area contributed by atoms with Crippen molar-refractivity contribution in [2.24, 2.45) is 0 Å². The fourth-order valence-electron chi connectivity index (χ4n) is 2.75. The van der Waals surface area contributed by atoms with Gasteiger partial charge >= 0.3 is 0 Å². The van der Waals surface area contributed by atoms with E-state index in [4.69, 9.17) is 9.47 Å². The molecule has 29 heavy (non-hydrogen) atoms. The van der Waals surface area contributed by atoms with E-state index in [9.17, 15) is 4.79 Å². The molecule has 0 spiro atoms. The first kappa shape index (κ1) is 25.4. The number of carbonyl (C=O) groups excluding carboxylic acids is 1. The van der Waals surface area contributed by atoms with Crippen LogP contribution < -0.4 is 20.1 Å². The molecule has 1 aliphatic rings. The van der Waals surface area contributed by atoms with Gasteiger partial charge in [-0.1, -0.05) is 0 Å². The number of carbonyl (C=O) groups is 1. The van der Waals surface area contributed by atoms with Crippen LogP contribution in [0, 0.1) is 0 Å². The van der Waals surface area contributed by atoms with Crippen LogP contribution in [-0.4, -0.2) is 41.6 Å². The second-order valence-corrected chi connectivity index (χ2v) is 7.37. The molecule has 1 unspecified atom stereocenters. The van der Waals surface area contributed by atoms with Crippen LogP contribution in [-0.2, 0) is 11.3 Å². The largest absolute Gasteiger partial charge is 0.494 e. The highest BCUT2D eigenvalue weighted by atomic mass is 35.5. The average Bonchev–Trinajstić information content (AvgIpc) is 2.69. The lowest BCUT2D eigenvalue weighted by Gasteiger charge is -2.22. The molecule has 1 aliphatic heterocycles. The molecule has 160 valence electrons. The van der Waals surface area contributed by atoms with E-state index in [1.165, 1.54) is 0 Å². The van der Waals surface area contributed by atoms with E-state index < -0.39 is 0 Å². The number of nitrogens with zero attached hydrogens (tertiary/aromatic N) is 1. The Labute approximate surface area is 188 Å². The molecule has 0 radical (unpaired) electrons. The van der Waals surface area contributed by atoms with E-state index in [0.29, 0.717) is 31.2 Å². The molecule has 1 amide bonds. The minimum Gasteiger partial charge on any atom is -0.494 e. The Hall–Kier alpha value is -1.67. The first-order valence-corrected chi connectivity index (χ1v) is 10.3. The van der Waals surface area contributed by atoms with E-state index >= 15 is 0 Å². The zero-order chi connectivity index (χ0) is 18.9. The summed E-state index contributed by atoms with van der Waals surface area (Å²) < 4.78 is 11.2. The summed E-state index contributed by atoms with van der Waals surface area (Å²) in [5, 5.41) is 6.35. The van der Waals surface area contributed by atoms with Gasteiger partial charge in [-0.05, 0) is 42.8 Å². The molecule has 1 aromatic heterocycles. The fourth-order valence-corrected chi connectivity index (χ4v) is 3.70. The van der Waals surface area contributed by atoms with Gasteiger partial charge in [0, 0.05) is 49.3 Å². The lowest BCUT2D eigenvalue weighted by atomic mass is 10.2. The van der Waals surface area contributed by atoms with Gasteiger partial charge in [0.15, 0.2) is 0 Å². The van der Waals surface area contributed by atoms with Gasteiger partial charge in [0.2, 0.25) is 11.8 Å². The van der Waals surface area contributed by atoms with Crippen LogP contribution in [0.4, 0.5) is 0 Å². The summed E-state index contributed by atoms with van der Waals surface area (Å²) in [6, 6.07) is 11.4. The van der Waals surface area contributed by atoms with Crippen LogP contribution in [0.3, 0.4) is 0 Å². The number of aromatic nitrogens is 1. The number of ether oxygens (including phenoxy) is 2. The molecule has 1 fully saturated rings. The van der Waals surface area contributed by atoms with Crippen LogP contribution in [0.2, 0.25) is 0 Å². The number of benzene rings is 1. The van der Waals surface area contributed by atoms with E-state index in [2.05, 4.69) is 15.6 Å². The van der Waals surface area contributed by atoms with Crippen molar-refractivity contribution < 1.29 is 14.3 Å². The molecular weight excluding hydrogens is 433 g/mol. The summed E-state index contributed by atoms with van der Waals surface area (Å²) in [7, 11) is 0. The van der Waals surface area contributed by atoms with Gasteiger partial charge in [-0.3, -0.25) is 4.79 Å². The molecule has 2 heterocycles. The standard InChI is InChI=1S/C20H25N3O3S.2ClH/c1-2-25-17-3-5-18(6-4-17)26-20-11-15(7-8-22-20)13-23-19(24)12-16-14-27-10-9-21-16;;/h3-8,11,16,21H,2,9-10,12-14H2,1H3,(H,23,24);2*1H. The first-order chi connectivity index (χ1) is 13.2. The van der Waals surface area contributed by atoms with Crippen LogP contribution in [0.25, 0.3) is 0 Å². The predicted molar refractivity (Wildman–Crippen MR) is 122 cm³/mol. The number of amides is 1. The number of rotatable bonds is 8. The summed E-state index contributed by atoms with van der Waals surface area (Å²) in [4.78, 5) is 16.4. The SMILES string of the molecule is CCOc1ccc(Oc2cc(CNC(=O)CC3CSCCN3)ccn2)cc1.Cl.Cl. The zero-order valence-corrected chi connectivity index (χ0v) is 18.7. The minimum atomic E-state index is 0. The number of halogens is 2. The molecule has 9 heteroatoms. The summed E-state index contributed by atoms with van der Waals surface area (Å²) >= 11 is 1.89. The molecule has 0 bridgehead atoms. The summed E-state index contributed by atoms with van der Waals surface area (Å²) in [6.07, 6.45) is 2.19. The molecule has 3 rings (SSSR count). The fraction of sp³-hybridized carbons (Fsp3) is 0.400. The zero-order valence-electron chi connectivity index (χ0n) is 16.3. The number of nitrogens with one attached hydrogen (secondary N) is 2. The monoisotopic (exact) mass is 459 g/mol. The highest BCUT2D eigenvalue weighted by Gasteiger charge is 2.16. The summed E-state index contributed by atoms with van der Waals surface area (Å²) in [5.41, 5.74) is 0.949. The van der Waals surface area contributed by atoms with Crippen molar-refractivity contribution in [1.29, 1.82) is 0 Å². The quantitative estimate of drug-likeness (QED) is 0.624.